The van der Waals surface area contributed by atoms with Crippen LogP contribution >= 0.6 is 11.3 Å². The highest BCUT2D eigenvalue weighted by molar-refractivity contribution is 7.10. The van der Waals surface area contributed by atoms with E-state index in [4.69, 9.17) is 5.26 Å². The molecule has 0 unspecified atom stereocenters. The number of hydrogen-bond acceptors (Lipinski definition) is 4. The summed E-state index contributed by atoms with van der Waals surface area (Å²) >= 11 is 1.50. The maximum absolute atomic E-state index is 8.65. The Hall–Kier alpha value is -2.45. The summed E-state index contributed by atoms with van der Waals surface area (Å²) < 4.78 is 1.82. The minimum Gasteiger partial charge on any atom is -0.240 e. The number of rotatable bonds is 3. The van der Waals surface area contributed by atoms with Crippen molar-refractivity contribution in [3.8, 4) is 23.0 Å². The quantitative estimate of drug-likeness (QED) is 0.732. The summed E-state index contributed by atoms with van der Waals surface area (Å²) in [5.74, 6) is 0. The molecule has 4 nitrogen and oxygen atoms in total. The van der Waals surface area contributed by atoms with Crippen molar-refractivity contribution in [2.45, 2.75) is 6.42 Å². The molecular formula is C14H10N4S. The Bertz CT molecular complexity index is 721. The maximum Gasteiger partial charge on any atom is 0.107 e. The molecule has 0 N–H and O–H groups in total. The van der Waals surface area contributed by atoms with Crippen molar-refractivity contribution in [3.63, 3.8) is 0 Å². The first-order valence-corrected chi connectivity index (χ1v) is 6.66. The number of benzene rings is 1. The molecular weight excluding hydrogens is 256 g/mol. The summed E-state index contributed by atoms with van der Waals surface area (Å²) in [5, 5.41) is 15.8. The normalized spacial score (nSPS) is 10.3. The molecule has 0 aliphatic heterocycles. The summed E-state index contributed by atoms with van der Waals surface area (Å²) in [6, 6.07) is 12.0. The molecule has 0 bridgehead atoms. The highest BCUT2D eigenvalue weighted by Crippen LogP contribution is 2.22. The molecule has 19 heavy (non-hydrogen) atoms. The monoisotopic (exact) mass is 266 g/mol. The Morgan fingerprint density at radius 1 is 1.26 bits per heavy atom. The fraction of sp³-hybridized carbons (Fsp3) is 0.0714. The van der Waals surface area contributed by atoms with Gasteiger partial charge in [-0.25, -0.2) is 9.67 Å². The molecule has 0 saturated carbocycles. The van der Waals surface area contributed by atoms with E-state index >= 15 is 0 Å². The number of aromatic nitrogens is 3. The fourth-order valence-corrected chi connectivity index (χ4v) is 2.50. The van der Waals surface area contributed by atoms with Gasteiger partial charge in [0.05, 0.1) is 30.1 Å². The molecule has 1 aromatic carbocycles. The lowest BCUT2D eigenvalue weighted by molar-refractivity contribution is 0.881. The third-order valence-corrected chi connectivity index (χ3v) is 3.53. The molecule has 3 aromatic rings. The van der Waals surface area contributed by atoms with Crippen LogP contribution in [0.25, 0.3) is 16.9 Å². The van der Waals surface area contributed by atoms with Gasteiger partial charge in [0.25, 0.3) is 0 Å². The van der Waals surface area contributed by atoms with Crippen LogP contribution in [0, 0.1) is 11.3 Å². The van der Waals surface area contributed by atoms with E-state index in [9.17, 15) is 0 Å². The van der Waals surface area contributed by atoms with Gasteiger partial charge in [0.2, 0.25) is 0 Å². The topological polar surface area (TPSA) is 54.5 Å². The van der Waals surface area contributed by atoms with Gasteiger partial charge < -0.3 is 0 Å². The van der Waals surface area contributed by atoms with Crippen molar-refractivity contribution >= 4 is 11.3 Å². The third kappa shape index (κ3) is 2.39. The van der Waals surface area contributed by atoms with Crippen LogP contribution in [-0.2, 0) is 6.42 Å². The number of thiazole rings is 1. The zero-order valence-electron chi connectivity index (χ0n) is 10.0. The third-order valence-electron chi connectivity index (χ3n) is 2.68. The Morgan fingerprint density at radius 3 is 2.89 bits per heavy atom. The molecule has 0 radical (unpaired) electrons. The summed E-state index contributed by atoms with van der Waals surface area (Å²) in [7, 11) is 0. The minimum atomic E-state index is 0.359. The van der Waals surface area contributed by atoms with E-state index < -0.39 is 0 Å². The van der Waals surface area contributed by atoms with Crippen LogP contribution < -0.4 is 0 Å². The Labute approximate surface area is 114 Å². The van der Waals surface area contributed by atoms with Crippen LogP contribution in [0.1, 0.15) is 5.01 Å². The minimum absolute atomic E-state index is 0.359. The summed E-state index contributed by atoms with van der Waals surface area (Å²) in [6.45, 7) is 0. The molecule has 2 heterocycles. The van der Waals surface area contributed by atoms with E-state index in [1.165, 1.54) is 11.3 Å². The van der Waals surface area contributed by atoms with Gasteiger partial charge in [-0.3, -0.25) is 0 Å². The van der Waals surface area contributed by atoms with Gasteiger partial charge in [0.15, 0.2) is 0 Å². The van der Waals surface area contributed by atoms with Gasteiger partial charge >= 0.3 is 0 Å². The highest BCUT2D eigenvalue weighted by Gasteiger charge is 2.07. The molecule has 0 amide bonds. The van der Waals surface area contributed by atoms with Crippen molar-refractivity contribution < 1.29 is 0 Å². The zero-order valence-corrected chi connectivity index (χ0v) is 10.8. The van der Waals surface area contributed by atoms with Crippen LogP contribution in [0.5, 0.6) is 0 Å². The molecule has 0 aliphatic rings. The predicted molar refractivity (Wildman–Crippen MR) is 74.0 cm³/mol. The van der Waals surface area contributed by atoms with Gasteiger partial charge in [-0.05, 0) is 12.1 Å². The van der Waals surface area contributed by atoms with Gasteiger partial charge in [-0.2, -0.15) is 10.4 Å². The van der Waals surface area contributed by atoms with Gasteiger partial charge in [0.1, 0.15) is 5.01 Å². The first-order chi connectivity index (χ1) is 9.36. The molecule has 0 atom stereocenters. The van der Waals surface area contributed by atoms with Crippen LogP contribution in [0.15, 0.2) is 48.1 Å². The summed E-state index contributed by atoms with van der Waals surface area (Å²) in [6.07, 6.45) is 4.09. The Morgan fingerprint density at radius 2 is 2.11 bits per heavy atom. The maximum atomic E-state index is 8.65. The van der Waals surface area contributed by atoms with E-state index in [0.717, 1.165) is 22.0 Å². The van der Waals surface area contributed by atoms with E-state index in [1.54, 1.807) is 6.20 Å². The molecule has 0 fully saturated rings. The molecule has 3 rings (SSSR count). The summed E-state index contributed by atoms with van der Waals surface area (Å²) in [4.78, 5) is 4.42. The standard InChI is InChI=1S/C14H10N4S/c15-7-6-14-17-13(10-19-14)11-8-16-18(9-11)12-4-2-1-3-5-12/h1-5,8-10H,6H2. The molecule has 92 valence electrons. The largest absolute Gasteiger partial charge is 0.240 e. The SMILES string of the molecule is N#CCc1nc(-c2cnn(-c3ccccc3)c2)cs1. The van der Waals surface area contributed by atoms with Crippen LogP contribution in [0.4, 0.5) is 0 Å². The molecule has 5 heteroatoms. The van der Waals surface area contributed by atoms with Crippen LogP contribution in [0.2, 0.25) is 0 Å². The van der Waals surface area contributed by atoms with Gasteiger partial charge in [-0.1, -0.05) is 18.2 Å². The Kier molecular flexibility index (Phi) is 3.09. The van der Waals surface area contributed by atoms with Crippen molar-refractivity contribution in [2.75, 3.05) is 0 Å². The van der Waals surface area contributed by atoms with E-state index in [-0.39, 0.29) is 0 Å². The average Bonchev–Trinajstić information content (AvgIpc) is 3.08. The van der Waals surface area contributed by atoms with E-state index in [1.807, 2.05) is 46.6 Å². The average molecular weight is 266 g/mol. The lowest BCUT2D eigenvalue weighted by Gasteiger charge is -1.98. The second-order valence-electron chi connectivity index (χ2n) is 3.97. The predicted octanol–water partition coefficient (Wildman–Crippen LogP) is 3.06. The van der Waals surface area contributed by atoms with Crippen LogP contribution in [-0.4, -0.2) is 14.8 Å². The van der Waals surface area contributed by atoms with Crippen molar-refractivity contribution in [2.24, 2.45) is 0 Å². The van der Waals surface area contributed by atoms with Gasteiger partial charge in [-0.15, -0.1) is 11.3 Å². The number of nitrogens with zero attached hydrogens (tertiary/aromatic N) is 4. The second kappa shape index (κ2) is 5.04. The second-order valence-corrected chi connectivity index (χ2v) is 4.91. The number of hydrogen-bond donors (Lipinski definition) is 0. The molecule has 0 saturated heterocycles. The van der Waals surface area contributed by atoms with Crippen LogP contribution in [0.3, 0.4) is 0 Å². The van der Waals surface area contributed by atoms with Crippen molar-refractivity contribution in [3.05, 3.63) is 53.1 Å². The summed E-state index contributed by atoms with van der Waals surface area (Å²) in [5.41, 5.74) is 2.85. The lowest BCUT2D eigenvalue weighted by atomic mass is 10.3. The van der Waals surface area contributed by atoms with Crippen molar-refractivity contribution in [1.82, 2.24) is 14.8 Å². The molecule has 2 aromatic heterocycles. The zero-order chi connectivity index (χ0) is 13.1. The first-order valence-electron chi connectivity index (χ1n) is 5.78. The highest BCUT2D eigenvalue weighted by atomic mass is 32.1. The smallest absolute Gasteiger partial charge is 0.107 e. The number of nitriles is 1. The lowest BCUT2D eigenvalue weighted by Crippen LogP contribution is -1.92. The van der Waals surface area contributed by atoms with E-state index in [2.05, 4.69) is 16.2 Å². The Balaban J connectivity index is 1.91. The van der Waals surface area contributed by atoms with Gasteiger partial charge in [0, 0.05) is 17.1 Å². The number of para-hydroxylation sites is 1. The fourth-order valence-electron chi connectivity index (χ4n) is 1.77. The van der Waals surface area contributed by atoms with Crippen molar-refractivity contribution in [1.29, 1.82) is 5.26 Å². The molecule has 0 aliphatic carbocycles. The molecule has 0 spiro atoms. The first kappa shape index (κ1) is 11.6. The van der Waals surface area contributed by atoms with E-state index in [0.29, 0.717) is 6.42 Å².